The quantitative estimate of drug-likeness (QED) is 0.766. The van der Waals surface area contributed by atoms with Crippen LogP contribution < -0.4 is 5.32 Å². The fourth-order valence-electron chi connectivity index (χ4n) is 2.45. The Morgan fingerprint density at radius 3 is 2.44 bits per heavy atom. The Morgan fingerprint density at radius 2 is 2.00 bits per heavy atom. The third kappa shape index (κ3) is 3.37. The van der Waals surface area contributed by atoms with Gasteiger partial charge >= 0.3 is 6.16 Å². The van der Waals surface area contributed by atoms with Crippen LogP contribution >= 0.6 is 0 Å². The zero-order valence-electron chi connectivity index (χ0n) is 11.8. The molecule has 1 unspecified atom stereocenters. The molecule has 1 fully saturated rings. The van der Waals surface area contributed by atoms with E-state index in [4.69, 9.17) is 9.47 Å². The number of amides is 1. The largest absolute Gasteiger partial charge is 0.508 e. The van der Waals surface area contributed by atoms with Gasteiger partial charge in [-0.15, -0.1) is 0 Å². The summed E-state index contributed by atoms with van der Waals surface area (Å²) in [5, 5.41) is 2.83. The lowest BCUT2D eigenvalue weighted by atomic mass is 9.71. The molecular weight excluding hydrogens is 234 g/mol. The predicted molar refractivity (Wildman–Crippen MR) is 67.1 cm³/mol. The molecule has 0 spiro atoms. The highest BCUT2D eigenvalue weighted by atomic mass is 16.8. The van der Waals surface area contributed by atoms with E-state index in [1.54, 1.807) is 0 Å². The van der Waals surface area contributed by atoms with Crippen molar-refractivity contribution in [3.8, 4) is 0 Å². The third-order valence-electron chi connectivity index (χ3n) is 3.31. The molecule has 1 amide bonds. The third-order valence-corrected chi connectivity index (χ3v) is 3.31. The summed E-state index contributed by atoms with van der Waals surface area (Å²) in [4.78, 5) is 22.9. The molecule has 0 bridgehead atoms. The van der Waals surface area contributed by atoms with Crippen molar-refractivity contribution in [2.45, 2.75) is 47.1 Å². The molecule has 1 atom stereocenters. The molecule has 0 radical (unpaired) electrons. The van der Waals surface area contributed by atoms with Gasteiger partial charge in [-0.2, -0.15) is 0 Å². The molecule has 18 heavy (non-hydrogen) atoms. The highest BCUT2D eigenvalue weighted by Crippen LogP contribution is 2.39. The van der Waals surface area contributed by atoms with E-state index in [1.165, 1.54) is 0 Å². The van der Waals surface area contributed by atoms with E-state index in [0.29, 0.717) is 13.0 Å². The highest BCUT2D eigenvalue weighted by molar-refractivity contribution is 5.81. The molecule has 1 aliphatic rings. The molecule has 1 rings (SSSR count). The van der Waals surface area contributed by atoms with Gasteiger partial charge in [0.25, 0.3) is 0 Å². The number of nitrogens with one attached hydrogen (secondary N) is 1. The van der Waals surface area contributed by atoms with Crippen LogP contribution in [0.2, 0.25) is 0 Å². The average Bonchev–Trinajstić information content (AvgIpc) is 2.64. The fourth-order valence-corrected chi connectivity index (χ4v) is 2.45. The number of rotatable bonds is 5. The maximum atomic E-state index is 12.0. The Morgan fingerprint density at radius 1 is 1.39 bits per heavy atom. The summed E-state index contributed by atoms with van der Waals surface area (Å²) in [5.74, 6) is 0.0170. The minimum absolute atomic E-state index is 0.0170. The van der Waals surface area contributed by atoms with Gasteiger partial charge in [0.2, 0.25) is 5.91 Å². The van der Waals surface area contributed by atoms with Gasteiger partial charge in [0.05, 0.1) is 0 Å². The first kappa shape index (κ1) is 14.8. The van der Waals surface area contributed by atoms with Crippen molar-refractivity contribution in [1.29, 1.82) is 0 Å². The first-order valence-electron chi connectivity index (χ1n) is 6.31. The van der Waals surface area contributed by atoms with Crippen molar-refractivity contribution in [2.24, 2.45) is 10.8 Å². The van der Waals surface area contributed by atoms with Crippen molar-refractivity contribution in [3.05, 3.63) is 0 Å². The predicted octanol–water partition coefficient (Wildman–Crippen LogP) is 2.10. The van der Waals surface area contributed by atoms with Crippen molar-refractivity contribution in [2.75, 3.05) is 13.2 Å². The van der Waals surface area contributed by atoms with Gasteiger partial charge in [0.1, 0.15) is 12.7 Å². The van der Waals surface area contributed by atoms with Crippen LogP contribution in [0.5, 0.6) is 0 Å². The lowest BCUT2D eigenvalue weighted by molar-refractivity contribution is -0.131. The molecule has 0 aliphatic carbocycles. The number of cyclic esters (lactones) is 2. The second-order valence-corrected chi connectivity index (χ2v) is 6.08. The molecular formula is C13H23NO4. The lowest BCUT2D eigenvalue weighted by Gasteiger charge is -2.36. The Labute approximate surface area is 108 Å². The molecule has 0 saturated carbocycles. The zero-order chi connectivity index (χ0) is 14.0. The number of carbonyl (C=O) groups excluding carboxylic acids is 2. The Hall–Kier alpha value is -1.26. The summed E-state index contributed by atoms with van der Waals surface area (Å²) in [5.41, 5.74) is -0.810. The number of hydrogen-bond acceptors (Lipinski definition) is 4. The molecule has 1 N–H and O–H groups in total. The number of carbonyl (C=O) groups is 2. The van der Waals surface area contributed by atoms with E-state index >= 15 is 0 Å². The second kappa shape index (κ2) is 5.16. The van der Waals surface area contributed by atoms with E-state index in [1.807, 2.05) is 34.6 Å². The van der Waals surface area contributed by atoms with Crippen LogP contribution in [0.15, 0.2) is 0 Å². The maximum absolute atomic E-state index is 12.0. The number of hydrogen-bond donors (Lipinski definition) is 1. The number of ether oxygens (including phenoxy) is 2. The molecule has 0 aromatic rings. The standard InChI is InChI=1S/C13H23NO4/c1-6-14-10(15)13(4,5)8-12(2,3)9-7-17-11(16)18-9/h9H,6-8H2,1-5H3,(H,14,15). The van der Waals surface area contributed by atoms with E-state index in [2.05, 4.69) is 5.32 Å². The minimum atomic E-state index is -0.621. The molecule has 1 heterocycles. The van der Waals surface area contributed by atoms with Gasteiger partial charge in [-0.25, -0.2) is 4.79 Å². The summed E-state index contributed by atoms with van der Waals surface area (Å²) in [7, 11) is 0. The van der Waals surface area contributed by atoms with Crippen LogP contribution in [-0.2, 0) is 14.3 Å². The van der Waals surface area contributed by atoms with Gasteiger partial charge in [-0.05, 0) is 13.3 Å². The normalized spacial score (nSPS) is 20.3. The Bertz CT molecular complexity index is 336. The molecule has 0 aromatic carbocycles. The molecule has 1 aliphatic heterocycles. The Kier molecular flexibility index (Phi) is 4.24. The zero-order valence-corrected chi connectivity index (χ0v) is 11.8. The van der Waals surface area contributed by atoms with E-state index in [0.717, 1.165) is 0 Å². The van der Waals surface area contributed by atoms with Gasteiger partial charge < -0.3 is 14.8 Å². The average molecular weight is 257 g/mol. The summed E-state index contributed by atoms with van der Waals surface area (Å²) in [6.45, 7) is 10.5. The van der Waals surface area contributed by atoms with E-state index in [-0.39, 0.29) is 24.0 Å². The summed E-state index contributed by atoms with van der Waals surface area (Å²) in [6, 6.07) is 0. The van der Waals surface area contributed by atoms with Crippen LogP contribution in [0, 0.1) is 10.8 Å². The van der Waals surface area contributed by atoms with Crippen LogP contribution in [0.1, 0.15) is 41.0 Å². The molecule has 104 valence electrons. The first-order valence-corrected chi connectivity index (χ1v) is 6.31. The SMILES string of the molecule is CCNC(=O)C(C)(C)CC(C)(C)C1COC(=O)O1. The van der Waals surface area contributed by atoms with Crippen molar-refractivity contribution < 1.29 is 19.1 Å². The topological polar surface area (TPSA) is 64.6 Å². The van der Waals surface area contributed by atoms with Gasteiger partial charge in [0.15, 0.2) is 0 Å². The van der Waals surface area contributed by atoms with Gasteiger partial charge in [-0.3, -0.25) is 4.79 Å². The fraction of sp³-hybridized carbons (Fsp3) is 0.846. The smallest absolute Gasteiger partial charge is 0.430 e. The summed E-state index contributed by atoms with van der Waals surface area (Å²) in [6.07, 6.45) is -0.296. The molecule has 5 heteroatoms. The first-order chi connectivity index (χ1) is 8.19. The molecule has 1 saturated heterocycles. The maximum Gasteiger partial charge on any atom is 0.508 e. The second-order valence-electron chi connectivity index (χ2n) is 6.08. The van der Waals surface area contributed by atoms with Crippen LogP contribution in [-0.4, -0.2) is 31.3 Å². The Balaban J connectivity index is 2.69. The summed E-state index contributed by atoms with van der Waals surface area (Å²) >= 11 is 0. The highest BCUT2D eigenvalue weighted by Gasteiger charge is 2.43. The minimum Gasteiger partial charge on any atom is -0.430 e. The van der Waals surface area contributed by atoms with E-state index in [9.17, 15) is 9.59 Å². The van der Waals surface area contributed by atoms with Crippen LogP contribution in [0.4, 0.5) is 4.79 Å². The lowest BCUT2D eigenvalue weighted by Crippen LogP contribution is -2.43. The molecule has 5 nitrogen and oxygen atoms in total. The van der Waals surface area contributed by atoms with Crippen molar-refractivity contribution >= 4 is 12.1 Å². The molecule has 0 aromatic heterocycles. The van der Waals surface area contributed by atoms with Gasteiger partial charge in [-0.1, -0.05) is 27.7 Å². The van der Waals surface area contributed by atoms with Crippen LogP contribution in [0.25, 0.3) is 0 Å². The van der Waals surface area contributed by atoms with Crippen molar-refractivity contribution in [3.63, 3.8) is 0 Å². The van der Waals surface area contributed by atoms with Gasteiger partial charge in [0, 0.05) is 17.4 Å². The van der Waals surface area contributed by atoms with Crippen LogP contribution in [0.3, 0.4) is 0 Å². The van der Waals surface area contributed by atoms with Crippen molar-refractivity contribution in [1.82, 2.24) is 5.32 Å². The summed E-state index contributed by atoms with van der Waals surface area (Å²) < 4.78 is 9.93. The van der Waals surface area contributed by atoms with E-state index < -0.39 is 11.6 Å². The monoisotopic (exact) mass is 257 g/mol.